The van der Waals surface area contributed by atoms with Crippen molar-refractivity contribution in [2.24, 2.45) is 0 Å². The summed E-state index contributed by atoms with van der Waals surface area (Å²) in [4.78, 5) is 4.63. The van der Waals surface area contributed by atoms with Crippen LogP contribution < -0.4 is 19.5 Å². The lowest BCUT2D eigenvalue weighted by atomic mass is 10.2. The molecule has 1 N–H and O–H groups in total. The molecule has 0 aliphatic rings. The average molecular weight is 342 g/mol. The Kier molecular flexibility index (Phi) is 4.86. The lowest BCUT2D eigenvalue weighted by Gasteiger charge is -2.09. The lowest BCUT2D eigenvalue weighted by molar-refractivity contribution is 0.355. The molecule has 0 fully saturated rings. The fourth-order valence-corrected chi connectivity index (χ4v) is 3.02. The van der Waals surface area contributed by atoms with Gasteiger partial charge in [-0.05, 0) is 24.3 Å². The Balaban J connectivity index is 1.81. The van der Waals surface area contributed by atoms with Crippen LogP contribution in [0.5, 0.6) is 17.2 Å². The van der Waals surface area contributed by atoms with Crippen molar-refractivity contribution in [3.8, 4) is 28.5 Å². The first-order chi connectivity index (χ1) is 11.7. The molecule has 0 saturated heterocycles. The molecule has 6 heteroatoms. The van der Waals surface area contributed by atoms with Crippen LogP contribution in [0.25, 0.3) is 11.3 Å². The molecule has 0 radical (unpaired) electrons. The van der Waals surface area contributed by atoms with E-state index in [1.807, 2.05) is 47.8 Å². The highest BCUT2D eigenvalue weighted by molar-refractivity contribution is 7.14. The summed E-state index contributed by atoms with van der Waals surface area (Å²) in [5.41, 5.74) is 2.81. The molecule has 0 unspecified atom stereocenters. The number of benzene rings is 2. The Morgan fingerprint density at radius 1 is 0.917 bits per heavy atom. The maximum Gasteiger partial charge on any atom is 0.187 e. The van der Waals surface area contributed by atoms with Gasteiger partial charge in [0.05, 0.1) is 27.0 Å². The van der Waals surface area contributed by atoms with E-state index in [9.17, 15) is 0 Å². The quantitative estimate of drug-likeness (QED) is 0.710. The Labute approximate surface area is 144 Å². The third kappa shape index (κ3) is 3.44. The van der Waals surface area contributed by atoms with Crippen LogP contribution in [0, 0.1) is 0 Å². The second-order valence-corrected chi connectivity index (χ2v) is 5.82. The third-order valence-electron chi connectivity index (χ3n) is 3.50. The van der Waals surface area contributed by atoms with Crippen molar-refractivity contribution in [2.45, 2.75) is 0 Å². The molecule has 0 saturated carbocycles. The maximum atomic E-state index is 5.32. The fourth-order valence-electron chi connectivity index (χ4n) is 2.28. The molecule has 0 bridgehead atoms. The molecule has 0 aliphatic carbocycles. The van der Waals surface area contributed by atoms with E-state index in [0.717, 1.165) is 27.8 Å². The summed E-state index contributed by atoms with van der Waals surface area (Å²) in [6, 6.07) is 13.5. The van der Waals surface area contributed by atoms with Gasteiger partial charge >= 0.3 is 0 Å². The highest BCUT2D eigenvalue weighted by Gasteiger charge is 2.08. The second-order valence-electron chi connectivity index (χ2n) is 4.96. The summed E-state index contributed by atoms with van der Waals surface area (Å²) in [6.45, 7) is 0. The van der Waals surface area contributed by atoms with Crippen LogP contribution in [0.4, 0.5) is 10.8 Å². The van der Waals surface area contributed by atoms with Crippen LogP contribution in [-0.2, 0) is 0 Å². The molecular formula is C18H18N2O3S. The van der Waals surface area contributed by atoms with Crippen LogP contribution >= 0.6 is 11.3 Å². The minimum absolute atomic E-state index is 0.673. The molecule has 0 spiro atoms. The number of thiazole rings is 1. The van der Waals surface area contributed by atoms with Crippen molar-refractivity contribution in [2.75, 3.05) is 26.6 Å². The zero-order chi connectivity index (χ0) is 16.9. The number of aromatic nitrogens is 1. The molecule has 3 aromatic rings. The van der Waals surface area contributed by atoms with Crippen molar-refractivity contribution in [1.82, 2.24) is 4.98 Å². The number of hydrogen-bond acceptors (Lipinski definition) is 6. The van der Waals surface area contributed by atoms with Gasteiger partial charge in [-0.1, -0.05) is 12.1 Å². The van der Waals surface area contributed by atoms with Crippen molar-refractivity contribution in [1.29, 1.82) is 0 Å². The number of hydrogen-bond donors (Lipinski definition) is 1. The van der Waals surface area contributed by atoms with Gasteiger partial charge < -0.3 is 19.5 Å². The fraction of sp³-hybridized carbons (Fsp3) is 0.167. The lowest BCUT2D eigenvalue weighted by Crippen LogP contribution is -1.94. The molecule has 1 heterocycles. The van der Waals surface area contributed by atoms with E-state index in [2.05, 4.69) is 10.3 Å². The standard InChI is InChI=1S/C18H18N2O3S/c1-21-14-6-4-5-12(9-14)15-11-24-18(20-15)19-13-7-8-16(22-2)17(10-13)23-3/h4-11H,1-3H3,(H,19,20). The molecule has 24 heavy (non-hydrogen) atoms. The van der Waals surface area contributed by atoms with Gasteiger partial charge in [0.25, 0.3) is 0 Å². The monoisotopic (exact) mass is 342 g/mol. The Hall–Kier alpha value is -2.73. The molecule has 5 nitrogen and oxygen atoms in total. The number of rotatable bonds is 6. The maximum absolute atomic E-state index is 5.32. The first-order valence-corrected chi connectivity index (χ1v) is 8.20. The summed E-state index contributed by atoms with van der Waals surface area (Å²) in [7, 11) is 4.89. The van der Waals surface area contributed by atoms with Crippen LogP contribution in [-0.4, -0.2) is 26.3 Å². The van der Waals surface area contributed by atoms with Crippen LogP contribution in [0.15, 0.2) is 47.8 Å². The molecule has 124 valence electrons. The topological polar surface area (TPSA) is 52.6 Å². The van der Waals surface area contributed by atoms with E-state index in [1.54, 1.807) is 32.7 Å². The van der Waals surface area contributed by atoms with Gasteiger partial charge in [0.15, 0.2) is 16.6 Å². The molecule has 0 atom stereocenters. The van der Waals surface area contributed by atoms with E-state index in [-0.39, 0.29) is 0 Å². The van der Waals surface area contributed by atoms with E-state index in [1.165, 1.54) is 0 Å². The van der Waals surface area contributed by atoms with Gasteiger partial charge in [0.1, 0.15) is 5.75 Å². The number of methoxy groups -OCH3 is 3. The predicted molar refractivity (Wildman–Crippen MR) is 96.9 cm³/mol. The van der Waals surface area contributed by atoms with Gasteiger partial charge in [0.2, 0.25) is 0 Å². The van der Waals surface area contributed by atoms with Crippen molar-refractivity contribution < 1.29 is 14.2 Å². The highest BCUT2D eigenvalue weighted by Crippen LogP contribution is 2.33. The van der Waals surface area contributed by atoms with Crippen molar-refractivity contribution in [3.63, 3.8) is 0 Å². The summed E-state index contributed by atoms with van der Waals surface area (Å²) in [5.74, 6) is 2.18. The number of nitrogens with one attached hydrogen (secondary N) is 1. The molecular weight excluding hydrogens is 324 g/mol. The molecule has 2 aromatic carbocycles. The van der Waals surface area contributed by atoms with Gasteiger partial charge in [0, 0.05) is 22.7 Å². The largest absolute Gasteiger partial charge is 0.497 e. The number of ether oxygens (including phenoxy) is 3. The highest BCUT2D eigenvalue weighted by atomic mass is 32.1. The van der Waals surface area contributed by atoms with Gasteiger partial charge in [-0.2, -0.15) is 0 Å². The molecule has 0 amide bonds. The molecule has 0 aliphatic heterocycles. The smallest absolute Gasteiger partial charge is 0.187 e. The summed E-state index contributed by atoms with van der Waals surface area (Å²) >= 11 is 1.54. The van der Waals surface area contributed by atoms with Crippen molar-refractivity contribution in [3.05, 3.63) is 47.8 Å². The first kappa shape index (κ1) is 16.1. The van der Waals surface area contributed by atoms with Crippen LogP contribution in [0.1, 0.15) is 0 Å². The van der Waals surface area contributed by atoms with E-state index >= 15 is 0 Å². The van der Waals surface area contributed by atoms with E-state index in [4.69, 9.17) is 14.2 Å². The Morgan fingerprint density at radius 3 is 2.50 bits per heavy atom. The average Bonchev–Trinajstić information content (AvgIpc) is 3.10. The van der Waals surface area contributed by atoms with Gasteiger partial charge in [-0.25, -0.2) is 4.98 Å². The number of nitrogens with zero attached hydrogens (tertiary/aromatic N) is 1. The zero-order valence-corrected chi connectivity index (χ0v) is 14.5. The Bertz CT molecular complexity index is 833. The second kappa shape index (κ2) is 7.23. The summed E-state index contributed by atoms with van der Waals surface area (Å²) in [5, 5.41) is 6.11. The van der Waals surface area contributed by atoms with Crippen LogP contribution in [0.3, 0.4) is 0 Å². The van der Waals surface area contributed by atoms with Crippen molar-refractivity contribution >= 4 is 22.2 Å². The first-order valence-electron chi connectivity index (χ1n) is 7.32. The van der Waals surface area contributed by atoms with E-state index < -0.39 is 0 Å². The van der Waals surface area contributed by atoms with Gasteiger partial charge in [-0.3, -0.25) is 0 Å². The molecule has 3 rings (SSSR count). The van der Waals surface area contributed by atoms with Crippen LogP contribution in [0.2, 0.25) is 0 Å². The minimum atomic E-state index is 0.673. The SMILES string of the molecule is COc1cccc(-c2csc(Nc3ccc(OC)c(OC)c3)n2)c1. The van der Waals surface area contributed by atoms with Gasteiger partial charge in [-0.15, -0.1) is 11.3 Å². The summed E-state index contributed by atoms with van der Waals surface area (Å²) < 4.78 is 15.8. The summed E-state index contributed by atoms with van der Waals surface area (Å²) in [6.07, 6.45) is 0. The predicted octanol–water partition coefficient (Wildman–Crippen LogP) is 4.58. The Morgan fingerprint density at radius 2 is 1.75 bits per heavy atom. The minimum Gasteiger partial charge on any atom is -0.497 e. The normalized spacial score (nSPS) is 10.3. The van der Waals surface area contributed by atoms with E-state index in [0.29, 0.717) is 11.5 Å². The molecule has 1 aromatic heterocycles. The third-order valence-corrected chi connectivity index (χ3v) is 4.26. The number of anilines is 2. The zero-order valence-electron chi connectivity index (χ0n) is 13.7.